The normalized spacial score (nSPS) is 14.7. The molecule has 36 heavy (non-hydrogen) atoms. The summed E-state index contributed by atoms with van der Waals surface area (Å²) < 4.78 is 11.3. The second-order valence-corrected chi connectivity index (χ2v) is 8.67. The largest absolute Gasteiger partial charge is 0.493 e. The maximum absolute atomic E-state index is 13.3. The summed E-state index contributed by atoms with van der Waals surface area (Å²) in [5, 5.41) is 3.00. The minimum absolute atomic E-state index is 0.158. The third-order valence-electron chi connectivity index (χ3n) is 5.61. The smallest absolute Gasteiger partial charge is 0.335 e. The second kappa shape index (κ2) is 10.8. The number of carbonyl (C=O) groups excluding carboxylic acids is 3. The van der Waals surface area contributed by atoms with Gasteiger partial charge in [0.2, 0.25) is 0 Å². The Morgan fingerprint density at radius 2 is 1.64 bits per heavy atom. The highest BCUT2D eigenvalue weighted by atomic mass is 35.5. The van der Waals surface area contributed by atoms with Crippen molar-refractivity contribution in [3.8, 4) is 11.5 Å². The van der Waals surface area contributed by atoms with Gasteiger partial charge < -0.3 is 9.47 Å². The van der Waals surface area contributed by atoms with Crippen LogP contribution in [-0.4, -0.2) is 25.0 Å². The van der Waals surface area contributed by atoms with E-state index in [0.717, 1.165) is 16.0 Å². The molecule has 1 saturated heterocycles. The Morgan fingerprint density at radius 3 is 2.33 bits per heavy atom. The molecule has 1 aliphatic rings. The summed E-state index contributed by atoms with van der Waals surface area (Å²) in [6.45, 7) is 2.07. The second-order valence-electron chi connectivity index (χ2n) is 7.85. The third kappa shape index (κ3) is 5.08. The minimum atomic E-state index is -0.804. The fraction of sp³-hybridized carbons (Fsp3) is 0.148. The van der Waals surface area contributed by atoms with Gasteiger partial charge in [0.1, 0.15) is 12.2 Å². The minimum Gasteiger partial charge on any atom is -0.493 e. The van der Waals surface area contributed by atoms with Crippen LogP contribution in [-0.2, 0) is 22.6 Å². The first-order chi connectivity index (χ1) is 17.3. The number of halogens is 2. The number of benzene rings is 3. The summed E-state index contributed by atoms with van der Waals surface area (Å²) in [6, 6.07) is 16.6. The van der Waals surface area contributed by atoms with E-state index < -0.39 is 17.8 Å². The molecule has 4 rings (SSSR count). The highest BCUT2D eigenvalue weighted by Crippen LogP contribution is 2.38. The van der Waals surface area contributed by atoms with E-state index in [1.165, 1.54) is 13.2 Å². The van der Waals surface area contributed by atoms with Crippen LogP contribution in [0, 0.1) is 0 Å². The summed E-state index contributed by atoms with van der Waals surface area (Å²) in [7, 11) is 1.45. The first-order valence-corrected chi connectivity index (χ1v) is 11.8. The van der Waals surface area contributed by atoms with Crippen LogP contribution >= 0.6 is 23.2 Å². The molecular formula is C27H22Cl2N2O5. The Morgan fingerprint density at radius 1 is 0.944 bits per heavy atom. The number of aryl methyl sites for hydroxylation is 1. The van der Waals surface area contributed by atoms with Gasteiger partial charge in [-0.05, 0) is 47.9 Å². The average molecular weight is 525 g/mol. The van der Waals surface area contributed by atoms with Gasteiger partial charge in [-0.3, -0.25) is 14.9 Å². The van der Waals surface area contributed by atoms with Gasteiger partial charge in [-0.15, -0.1) is 0 Å². The number of anilines is 1. The maximum atomic E-state index is 13.3. The van der Waals surface area contributed by atoms with Crippen molar-refractivity contribution >= 4 is 52.8 Å². The monoisotopic (exact) mass is 524 g/mol. The van der Waals surface area contributed by atoms with E-state index in [-0.39, 0.29) is 23.0 Å². The van der Waals surface area contributed by atoms with E-state index in [1.54, 1.807) is 30.3 Å². The van der Waals surface area contributed by atoms with E-state index in [0.29, 0.717) is 28.4 Å². The van der Waals surface area contributed by atoms with Crippen molar-refractivity contribution in [2.75, 3.05) is 12.0 Å². The summed E-state index contributed by atoms with van der Waals surface area (Å²) >= 11 is 12.7. The van der Waals surface area contributed by atoms with E-state index in [4.69, 9.17) is 32.7 Å². The molecule has 9 heteroatoms. The SMILES string of the molecule is CCc1ccccc1N1C(=O)NC(=O)/C(=C/c2cc(Cl)c(OCc3ccccc3Cl)c(OC)c2)C1=O. The molecule has 0 radical (unpaired) electrons. The molecular weight excluding hydrogens is 503 g/mol. The van der Waals surface area contributed by atoms with Gasteiger partial charge in [0.05, 0.1) is 17.8 Å². The molecule has 3 aromatic carbocycles. The van der Waals surface area contributed by atoms with Gasteiger partial charge >= 0.3 is 6.03 Å². The standard InChI is InChI=1S/C27H22Cl2N2O5/c1-3-17-8-5-7-11-22(17)31-26(33)19(25(32)30-27(31)34)12-16-13-21(29)24(23(14-16)35-2)36-15-18-9-4-6-10-20(18)28/h4-14H,3,15H2,1-2H3,(H,30,32,34)/b19-12-. The molecule has 0 bridgehead atoms. The van der Waals surface area contributed by atoms with Crippen molar-refractivity contribution in [1.82, 2.24) is 5.32 Å². The van der Waals surface area contributed by atoms with E-state index in [2.05, 4.69) is 5.32 Å². The van der Waals surface area contributed by atoms with Gasteiger partial charge in [0.15, 0.2) is 11.5 Å². The number of nitrogens with zero attached hydrogens (tertiary/aromatic N) is 1. The average Bonchev–Trinajstić information content (AvgIpc) is 2.86. The van der Waals surface area contributed by atoms with Gasteiger partial charge in [0, 0.05) is 10.6 Å². The van der Waals surface area contributed by atoms with Crippen LogP contribution in [0.25, 0.3) is 6.08 Å². The zero-order valence-electron chi connectivity index (χ0n) is 19.5. The molecule has 0 aliphatic carbocycles. The lowest BCUT2D eigenvalue weighted by Gasteiger charge is -2.28. The van der Waals surface area contributed by atoms with Crippen LogP contribution in [0.15, 0.2) is 66.2 Å². The Kier molecular flexibility index (Phi) is 7.62. The number of nitrogens with one attached hydrogen (secondary N) is 1. The van der Waals surface area contributed by atoms with Crippen molar-refractivity contribution in [1.29, 1.82) is 0 Å². The Balaban J connectivity index is 1.67. The number of hydrogen-bond acceptors (Lipinski definition) is 5. The van der Waals surface area contributed by atoms with Crippen molar-refractivity contribution in [3.05, 3.63) is 93.0 Å². The molecule has 0 spiro atoms. The van der Waals surface area contributed by atoms with E-state index in [1.807, 2.05) is 37.3 Å². The fourth-order valence-electron chi connectivity index (χ4n) is 3.80. The molecule has 184 valence electrons. The lowest BCUT2D eigenvalue weighted by atomic mass is 10.0. The van der Waals surface area contributed by atoms with Crippen LogP contribution in [0.4, 0.5) is 10.5 Å². The molecule has 4 amide bonds. The molecule has 3 aromatic rings. The Hall–Kier alpha value is -3.81. The zero-order chi connectivity index (χ0) is 25.8. The van der Waals surface area contributed by atoms with Gasteiger partial charge in [-0.1, -0.05) is 66.5 Å². The molecule has 0 atom stereocenters. The summed E-state index contributed by atoms with van der Waals surface area (Å²) in [5.41, 5.74) is 2.17. The predicted octanol–water partition coefficient (Wildman–Crippen LogP) is 5.81. The fourth-order valence-corrected chi connectivity index (χ4v) is 4.26. The number of urea groups is 1. The van der Waals surface area contributed by atoms with E-state index in [9.17, 15) is 14.4 Å². The molecule has 1 heterocycles. The number of amides is 4. The third-order valence-corrected chi connectivity index (χ3v) is 6.26. The first-order valence-electron chi connectivity index (χ1n) is 11.1. The Labute approximate surface area is 218 Å². The lowest BCUT2D eigenvalue weighted by Crippen LogP contribution is -2.54. The maximum Gasteiger partial charge on any atom is 0.335 e. The van der Waals surface area contributed by atoms with Crippen LogP contribution in [0.2, 0.25) is 10.0 Å². The van der Waals surface area contributed by atoms with Crippen LogP contribution < -0.4 is 19.7 Å². The van der Waals surface area contributed by atoms with Gasteiger partial charge in [-0.25, -0.2) is 9.69 Å². The van der Waals surface area contributed by atoms with Gasteiger partial charge in [0.25, 0.3) is 11.8 Å². The highest BCUT2D eigenvalue weighted by Gasteiger charge is 2.37. The van der Waals surface area contributed by atoms with Crippen molar-refractivity contribution < 1.29 is 23.9 Å². The number of ether oxygens (including phenoxy) is 2. The number of imide groups is 2. The summed E-state index contributed by atoms with van der Waals surface area (Å²) in [4.78, 5) is 39.4. The van der Waals surface area contributed by atoms with Crippen molar-refractivity contribution in [3.63, 3.8) is 0 Å². The number of para-hydroxylation sites is 1. The van der Waals surface area contributed by atoms with Crippen LogP contribution in [0.5, 0.6) is 11.5 Å². The molecule has 0 aromatic heterocycles. The first kappa shape index (κ1) is 25.3. The number of barbiturate groups is 1. The number of hydrogen-bond donors (Lipinski definition) is 1. The van der Waals surface area contributed by atoms with Crippen molar-refractivity contribution in [2.24, 2.45) is 0 Å². The number of carbonyl (C=O) groups is 3. The summed E-state index contributed by atoms with van der Waals surface area (Å²) in [5.74, 6) is -0.952. The number of rotatable bonds is 7. The predicted molar refractivity (Wildman–Crippen MR) is 139 cm³/mol. The van der Waals surface area contributed by atoms with E-state index >= 15 is 0 Å². The zero-order valence-corrected chi connectivity index (χ0v) is 21.0. The highest BCUT2D eigenvalue weighted by molar-refractivity contribution is 6.39. The molecule has 7 nitrogen and oxygen atoms in total. The lowest BCUT2D eigenvalue weighted by molar-refractivity contribution is -0.122. The molecule has 1 fully saturated rings. The number of methoxy groups -OCH3 is 1. The molecule has 0 saturated carbocycles. The quantitative estimate of drug-likeness (QED) is 0.311. The summed E-state index contributed by atoms with van der Waals surface area (Å²) in [6.07, 6.45) is 1.96. The van der Waals surface area contributed by atoms with Crippen molar-refractivity contribution in [2.45, 2.75) is 20.0 Å². The van der Waals surface area contributed by atoms with Gasteiger partial charge in [-0.2, -0.15) is 0 Å². The Bertz CT molecular complexity index is 1390. The van der Waals surface area contributed by atoms with Crippen LogP contribution in [0.3, 0.4) is 0 Å². The molecule has 1 N–H and O–H groups in total. The molecule has 0 unspecified atom stereocenters. The molecule has 1 aliphatic heterocycles. The topological polar surface area (TPSA) is 84.9 Å². The van der Waals surface area contributed by atoms with Crippen LogP contribution in [0.1, 0.15) is 23.6 Å².